The Bertz CT molecular complexity index is 505. The Hall–Kier alpha value is -1.09. The molecule has 0 aliphatic rings. The molecule has 0 bridgehead atoms. The molecule has 0 aromatic heterocycles. The van der Waals surface area contributed by atoms with E-state index in [9.17, 15) is 0 Å². The van der Waals surface area contributed by atoms with Gasteiger partial charge in [-0.3, -0.25) is 0 Å². The molecule has 1 aromatic carbocycles. The molecule has 1 aromatic rings. The minimum atomic E-state index is 0.763. The molecule has 0 aliphatic heterocycles. The molecule has 0 aliphatic carbocycles. The maximum absolute atomic E-state index is 5.52. The number of benzene rings is 1. The second kappa shape index (κ2) is 16.8. The Labute approximate surface area is 180 Å². The molecule has 0 amide bonds. The molecule has 2 N–H and O–H groups in total. The van der Waals surface area contributed by atoms with Gasteiger partial charge in [0.1, 0.15) is 0 Å². The molecule has 0 saturated carbocycles. The van der Waals surface area contributed by atoms with E-state index in [2.05, 4.69) is 49.6 Å². The van der Waals surface area contributed by atoms with Crippen molar-refractivity contribution in [3.63, 3.8) is 0 Å². The number of rotatable bonds is 16. The third-order valence-electron chi connectivity index (χ3n) is 5.55. The zero-order chi connectivity index (χ0) is 20.5. The largest absolute Gasteiger partial charge is 0.362 e. The van der Waals surface area contributed by atoms with Crippen LogP contribution >= 0.6 is 12.2 Å². The first kappa shape index (κ1) is 24.9. The van der Waals surface area contributed by atoms with E-state index in [1.165, 1.54) is 93.9 Å². The average molecular weight is 405 g/mol. The van der Waals surface area contributed by atoms with Gasteiger partial charge < -0.3 is 10.6 Å². The summed E-state index contributed by atoms with van der Waals surface area (Å²) >= 11 is 5.52. The summed E-state index contributed by atoms with van der Waals surface area (Å²) in [6.45, 7) is 7.65. The number of hydrogen-bond acceptors (Lipinski definition) is 1. The van der Waals surface area contributed by atoms with Crippen molar-refractivity contribution in [1.82, 2.24) is 5.32 Å². The van der Waals surface area contributed by atoms with Gasteiger partial charge in [0.2, 0.25) is 0 Å². The molecule has 2 nitrogen and oxygen atoms in total. The van der Waals surface area contributed by atoms with Crippen LogP contribution in [-0.2, 0) is 12.8 Å². The molecule has 1 rings (SSSR count). The Morgan fingerprint density at radius 3 is 1.64 bits per heavy atom. The van der Waals surface area contributed by atoms with Crippen molar-refractivity contribution in [3.05, 3.63) is 29.3 Å². The highest BCUT2D eigenvalue weighted by molar-refractivity contribution is 7.80. The molecule has 0 heterocycles. The maximum Gasteiger partial charge on any atom is 0.170 e. The number of unbranched alkanes of at least 4 members (excludes halogenated alkanes) is 11. The van der Waals surface area contributed by atoms with Crippen LogP contribution in [0.1, 0.15) is 109 Å². The number of hydrogen-bond donors (Lipinski definition) is 2. The van der Waals surface area contributed by atoms with Gasteiger partial charge in [0.25, 0.3) is 0 Å². The van der Waals surface area contributed by atoms with Gasteiger partial charge in [0.15, 0.2) is 5.11 Å². The SMILES string of the molecule is CCCCCCCCCCCCCCNC(=S)Nc1c(CC)cccc1CC. The normalized spacial score (nSPS) is 10.8. The highest BCUT2D eigenvalue weighted by Gasteiger charge is 2.07. The monoisotopic (exact) mass is 404 g/mol. The van der Waals surface area contributed by atoms with Crippen molar-refractivity contribution in [1.29, 1.82) is 0 Å². The van der Waals surface area contributed by atoms with E-state index in [-0.39, 0.29) is 0 Å². The summed E-state index contributed by atoms with van der Waals surface area (Å²) in [4.78, 5) is 0. The number of nitrogens with one attached hydrogen (secondary N) is 2. The first-order valence-corrected chi connectivity index (χ1v) is 12.3. The lowest BCUT2D eigenvalue weighted by atomic mass is 10.0. The fourth-order valence-electron chi connectivity index (χ4n) is 3.73. The lowest BCUT2D eigenvalue weighted by molar-refractivity contribution is 0.543. The van der Waals surface area contributed by atoms with Gasteiger partial charge in [0, 0.05) is 12.2 Å². The number of thiocarbonyl (C=S) groups is 1. The Balaban J connectivity index is 2.04. The highest BCUT2D eigenvalue weighted by atomic mass is 32.1. The van der Waals surface area contributed by atoms with Crippen LogP contribution in [0.4, 0.5) is 5.69 Å². The maximum atomic E-state index is 5.52. The molecule has 0 saturated heterocycles. The third-order valence-corrected chi connectivity index (χ3v) is 5.80. The molecular weight excluding hydrogens is 360 g/mol. The van der Waals surface area contributed by atoms with E-state index in [0.717, 1.165) is 24.5 Å². The molecule has 0 unspecified atom stereocenters. The lowest BCUT2D eigenvalue weighted by Crippen LogP contribution is -2.30. The fraction of sp³-hybridized carbons (Fsp3) is 0.720. The minimum absolute atomic E-state index is 0.763. The second-order valence-corrected chi connectivity index (χ2v) is 8.34. The summed E-state index contributed by atoms with van der Waals surface area (Å²) < 4.78 is 0. The lowest BCUT2D eigenvalue weighted by Gasteiger charge is -2.17. The van der Waals surface area contributed by atoms with Gasteiger partial charge in [-0.05, 0) is 42.6 Å². The predicted molar refractivity (Wildman–Crippen MR) is 130 cm³/mol. The topological polar surface area (TPSA) is 24.1 Å². The van der Waals surface area contributed by atoms with Crippen LogP contribution in [0.2, 0.25) is 0 Å². The molecule has 0 radical (unpaired) electrons. The van der Waals surface area contributed by atoms with Crippen LogP contribution in [0.3, 0.4) is 0 Å². The molecule has 0 fully saturated rings. The number of anilines is 1. The zero-order valence-corrected chi connectivity index (χ0v) is 19.6. The summed E-state index contributed by atoms with van der Waals surface area (Å²) in [5.74, 6) is 0. The van der Waals surface area contributed by atoms with E-state index in [1.807, 2.05) is 0 Å². The van der Waals surface area contributed by atoms with Crippen molar-refractivity contribution < 1.29 is 0 Å². The summed E-state index contributed by atoms with van der Waals surface area (Å²) in [6.07, 6.45) is 18.7. The van der Waals surface area contributed by atoms with Crippen LogP contribution in [0.15, 0.2) is 18.2 Å². The first-order chi connectivity index (χ1) is 13.7. The first-order valence-electron chi connectivity index (χ1n) is 11.9. The van der Waals surface area contributed by atoms with Crippen molar-refractivity contribution in [2.75, 3.05) is 11.9 Å². The zero-order valence-electron chi connectivity index (χ0n) is 18.7. The van der Waals surface area contributed by atoms with Crippen LogP contribution in [0.5, 0.6) is 0 Å². The number of para-hydroxylation sites is 1. The van der Waals surface area contributed by atoms with E-state index >= 15 is 0 Å². The van der Waals surface area contributed by atoms with Gasteiger partial charge in [-0.25, -0.2) is 0 Å². The van der Waals surface area contributed by atoms with Crippen LogP contribution in [0.25, 0.3) is 0 Å². The van der Waals surface area contributed by atoms with Crippen molar-refractivity contribution >= 4 is 23.0 Å². The highest BCUT2D eigenvalue weighted by Crippen LogP contribution is 2.22. The smallest absolute Gasteiger partial charge is 0.170 e. The summed E-state index contributed by atoms with van der Waals surface area (Å²) in [5, 5.41) is 7.60. The summed E-state index contributed by atoms with van der Waals surface area (Å²) in [5.41, 5.74) is 3.89. The summed E-state index contributed by atoms with van der Waals surface area (Å²) in [6, 6.07) is 6.52. The molecule has 160 valence electrons. The van der Waals surface area contributed by atoms with E-state index in [0.29, 0.717) is 0 Å². The van der Waals surface area contributed by atoms with E-state index in [4.69, 9.17) is 12.2 Å². The Kier molecular flexibility index (Phi) is 15.0. The van der Waals surface area contributed by atoms with Crippen molar-refractivity contribution in [2.24, 2.45) is 0 Å². The molecule has 0 atom stereocenters. The van der Waals surface area contributed by atoms with Crippen LogP contribution in [0, 0.1) is 0 Å². The quantitative estimate of drug-likeness (QED) is 0.217. The molecule has 0 spiro atoms. The van der Waals surface area contributed by atoms with E-state index in [1.54, 1.807) is 0 Å². The Morgan fingerprint density at radius 2 is 1.18 bits per heavy atom. The fourth-order valence-corrected chi connectivity index (χ4v) is 3.93. The predicted octanol–water partition coefficient (Wildman–Crippen LogP) is 7.80. The second-order valence-electron chi connectivity index (χ2n) is 7.93. The minimum Gasteiger partial charge on any atom is -0.362 e. The van der Waals surface area contributed by atoms with E-state index < -0.39 is 0 Å². The third kappa shape index (κ3) is 11.0. The van der Waals surface area contributed by atoms with Crippen molar-refractivity contribution in [2.45, 2.75) is 111 Å². The van der Waals surface area contributed by atoms with Gasteiger partial charge in [-0.15, -0.1) is 0 Å². The Morgan fingerprint density at radius 1 is 0.714 bits per heavy atom. The standard InChI is InChI=1S/C25H44N2S/c1-4-7-8-9-10-11-12-13-14-15-16-17-21-26-25(28)27-24-22(5-2)19-18-20-23(24)6-3/h18-20H,4-17,21H2,1-3H3,(H2,26,27,28). The van der Waals surface area contributed by atoms with Crippen molar-refractivity contribution in [3.8, 4) is 0 Å². The van der Waals surface area contributed by atoms with Gasteiger partial charge in [0.05, 0.1) is 0 Å². The van der Waals surface area contributed by atoms with Gasteiger partial charge in [-0.1, -0.05) is 110 Å². The summed E-state index contributed by atoms with van der Waals surface area (Å²) in [7, 11) is 0. The molecule has 3 heteroatoms. The molecule has 28 heavy (non-hydrogen) atoms. The average Bonchev–Trinajstić information content (AvgIpc) is 2.71. The van der Waals surface area contributed by atoms with Gasteiger partial charge in [-0.2, -0.15) is 0 Å². The van der Waals surface area contributed by atoms with Crippen LogP contribution in [-0.4, -0.2) is 11.7 Å². The van der Waals surface area contributed by atoms with Gasteiger partial charge >= 0.3 is 0 Å². The molecular formula is C25H44N2S. The van der Waals surface area contributed by atoms with Crippen LogP contribution < -0.4 is 10.6 Å². The number of aryl methyl sites for hydroxylation is 2.